The second-order valence-electron chi connectivity index (χ2n) is 6.17. The number of aromatic nitrogens is 2. The van der Waals surface area contributed by atoms with Crippen molar-refractivity contribution in [3.05, 3.63) is 78.3 Å². The van der Waals surface area contributed by atoms with Crippen LogP contribution < -0.4 is 10.2 Å². The Morgan fingerprint density at radius 2 is 2.04 bits per heavy atom. The van der Waals surface area contributed by atoms with Crippen LogP contribution in [0.4, 0.5) is 5.69 Å². The molecule has 0 saturated carbocycles. The second kappa shape index (κ2) is 7.74. The predicted octanol–water partition coefficient (Wildman–Crippen LogP) is 3.00. The van der Waals surface area contributed by atoms with Crippen molar-refractivity contribution in [1.82, 2.24) is 14.9 Å². The van der Waals surface area contributed by atoms with Crippen molar-refractivity contribution < 1.29 is 9.21 Å². The van der Waals surface area contributed by atoms with Crippen LogP contribution in [-0.4, -0.2) is 29.6 Å². The van der Waals surface area contributed by atoms with E-state index in [1.807, 2.05) is 61.1 Å². The fourth-order valence-electron chi connectivity index (χ4n) is 2.65. The fourth-order valence-corrected chi connectivity index (χ4v) is 2.65. The molecule has 2 aromatic heterocycles. The average molecular weight is 350 g/mol. The Bertz CT molecular complexity index is 877. The van der Waals surface area contributed by atoms with Gasteiger partial charge in [0.1, 0.15) is 17.6 Å². The lowest BCUT2D eigenvalue weighted by molar-refractivity contribution is -0.117. The minimum Gasteiger partial charge on any atom is -0.465 e. The van der Waals surface area contributed by atoms with Crippen LogP contribution in [0.5, 0.6) is 0 Å². The zero-order valence-electron chi connectivity index (χ0n) is 15.1. The summed E-state index contributed by atoms with van der Waals surface area (Å²) in [5.41, 5.74) is 2.06. The molecule has 0 bridgehead atoms. The Hall–Kier alpha value is -3.28. The van der Waals surface area contributed by atoms with Crippen LogP contribution in [0.3, 0.4) is 0 Å². The summed E-state index contributed by atoms with van der Waals surface area (Å²) in [4.78, 5) is 18.9. The van der Waals surface area contributed by atoms with E-state index in [4.69, 9.17) is 4.42 Å². The highest BCUT2D eigenvalue weighted by Crippen LogP contribution is 2.23. The summed E-state index contributed by atoms with van der Waals surface area (Å²) in [6.45, 7) is 0. The number of aryl methyl sites for hydroxylation is 1. The minimum atomic E-state index is -0.347. The van der Waals surface area contributed by atoms with Crippen molar-refractivity contribution in [3.8, 4) is 0 Å². The van der Waals surface area contributed by atoms with Crippen LogP contribution in [0, 0.1) is 0 Å². The average Bonchev–Trinajstić information content (AvgIpc) is 3.29. The Morgan fingerprint density at radius 3 is 2.62 bits per heavy atom. The summed E-state index contributed by atoms with van der Waals surface area (Å²) in [7, 11) is 5.90. The van der Waals surface area contributed by atoms with Gasteiger partial charge in [0.25, 0.3) is 0 Å². The second-order valence-corrected chi connectivity index (χ2v) is 6.17. The normalized spacial score (nSPS) is 12.3. The van der Waals surface area contributed by atoms with Crippen LogP contribution in [0.1, 0.15) is 23.2 Å². The summed E-state index contributed by atoms with van der Waals surface area (Å²) in [6, 6.07) is 11.3. The Morgan fingerprint density at radius 1 is 1.27 bits per heavy atom. The smallest absolute Gasteiger partial charge is 0.244 e. The summed E-state index contributed by atoms with van der Waals surface area (Å²) in [5, 5.41) is 3.02. The van der Waals surface area contributed by atoms with Gasteiger partial charge in [-0.25, -0.2) is 4.98 Å². The van der Waals surface area contributed by atoms with Crippen molar-refractivity contribution in [1.29, 1.82) is 0 Å². The molecule has 1 amide bonds. The van der Waals surface area contributed by atoms with E-state index in [1.54, 1.807) is 30.7 Å². The summed E-state index contributed by atoms with van der Waals surface area (Å²) < 4.78 is 7.12. The monoisotopic (exact) mass is 350 g/mol. The molecule has 1 aromatic carbocycles. The maximum absolute atomic E-state index is 12.4. The van der Waals surface area contributed by atoms with Gasteiger partial charge >= 0.3 is 0 Å². The largest absolute Gasteiger partial charge is 0.465 e. The van der Waals surface area contributed by atoms with Crippen LogP contribution in [0.2, 0.25) is 0 Å². The number of anilines is 1. The molecule has 1 atom stereocenters. The van der Waals surface area contributed by atoms with Gasteiger partial charge in [0.15, 0.2) is 0 Å². The number of furan rings is 1. The van der Waals surface area contributed by atoms with Gasteiger partial charge in [-0.15, -0.1) is 0 Å². The maximum atomic E-state index is 12.4. The van der Waals surface area contributed by atoms with Crippen LogP contribution in [0.25, 0.3) is 6.08 Å². The number of rotatable bonds is 6. The molecule has 6 heteroatoms. The highest BCUT2D eigenvalue weighted by molar-refractivity contribution is 5.91. The molecule has 3 rings (SSSR count). The van der Waals surface area contributed by atoms with Crippen molar-refractivity contribution in [2.75, 3.05) is 19.0 Å². The Labute approximate surface area is 152 Å². The molecule has 6 nitrogen and oxygen atoms in total. The molecule has 0 fully saturated rings. The number of hydrogen-bond donors (Lipinski definition) is 1. The third-order valence-corrected chi connectivity index (χ3v) is 4.09. The van der Waals surface area contributed by atoms with Gasteiger partial charge in [-0.2, -0.15) is 0 Å². The summed E-state index contributed by atoms with van der Waals surface area (Å²) >= 11 is 0. The molecule has 2 heterocycles. The zero-order valence-corrected chi connectivity index (χ0v) is 15.1. The first-order valence-electron chi connectivity index (χ1n) is 8.31. The van der Waals surface area contributed by atoms with Gasteiger partial charge in [0.2, 0.25) is 5.91 Å². The highest BCUT2D eigenvalue weighted by Gasteiger charge is 2.20. The van der Waals surface area contributed by atoms with Crippen molar-refractivity contribution in [2.45, 2.75) is 6.04 Å². The van der Waals surface area contributed by atoms with E-state index >= 15 is 0 Å². The first kappa shape index (κ1) is 17.5. The molecule has 0 aliphatic heterocycles. The molecule has 0 aliphatic carbocycles. The minimum absolute atomic E-state index is 0.217. The van der Waals surface area contributed by atoms with Gasteiger partial charge in [-0.1, -0.05) is 12.1 Å². The molecule has 1 N–H and O–H groups in total. The molecule has 0 spiro atoms. The van der Waals surface area contributed by atoms with Crippen LogP contribution in [0.15, 0.2) is 65.5 Å². The first-order chi connectivity index (χ1) is 12.5. The Kier molecular flexibility index (Phi) is 5.22. The molecular formula is C20H22N4O2. The fraction of sp³-hybridized carbons (Fsp3) is 0.200. The van der Waals surface area contributed by atoms with Gasteiger partial charge < -0.3 is 19.2 Å². The topological polar surface area (TPSA) is 63.3 Å². The number of amides is 1. The highest BCUT2D eigenvalue weighted by atomic mass is 16.3. The lowest BCUT2D eigenvalue weighted by Gasteiger charge is -2.20. The van der Waals surface area contributed by atoms with Crippen molar-refractivity contribution >= 4 is 17.7 Å². The molecule has 0 radical (unpaired) electrons. The molecule has 0 aliphatic rings. The lowest BCUT2D eigenvalue weighted by atomic mass is 10.1. The first-order valence-corrected chi connectivity index (χ1v) is 8.31. The number of nitrogens with one attached hydrogen (secondary N) is 1. The molecule has 3 aromatic rings. The number of imidazole rings is 1. The zero-order chi connectivity index (χ0) is 18.5. The molecule has 26 heavy (non-hydrogen) atoms. The molecular weight excluding hydrogens is 328 g/mol. The van der Waals surface area contributed by atoms with Crippen LogP contribution >= 0.6 is 0 Å². The predicted molar refractivity (Wildman–Crippen MR) is 102 cm³/mol. The number of carbonyl (C=O) groups is 1. The van der Waals surface area contributed by atoms with Gasteiger partial charge in [0.05, 0.1) is 6.26 Å². The van der Waals surface area contributed by atoms with E-state index in [0.717, 1.165) is 17.1 Å². The molecule has 134 valence electrons. The van der Waals surface area contributed by atoms with E-state index in [-0.39, 0.29) is 11.9 Å². The number of carbonyl (C=O) groups excluding carboxylic acids is 1. The van der Waals surface area contributed by atoms with Crippen molar-refractivity contribution in [2.24, 2.45) is 7.05 Å². The summed E-state index contributed by atoms with van der Waals surface area (Å²) in [6.07, 6.45) is 8.26. The quantitative estimate of drug-likeness (QED) is 0.694. The van der Waals surface area contributed by atoms with E-state index < -0.39 is 0 Å². The van der Waals surface area contributed by atoms with E-state index in [2.05, 4.69) is 10.3 Å². The number of nitrogens with zero attached hydrogens (tertiary/aromatic N) is 3. The van der Waals surface area contributed by atoms with Gasteiger partial charge in [-0.3, -0.25) is 4.79 Å². The molecule has 1 unspecified atom stereocenters. The van der Waals surface area contributed by atoms with Crippen molar-refractivity contribution in [3.63, 3.8) is 0 Å². The molecule has 0 saturated heterocycles. The van der Waals surface area contributed by atoms with E-state index in [0.29, 0.717) is 5.76 Å². The summed E-state index contributed by atoms with van der Waals surface area (Å²) in [5.74, 6) is 1.18. The third-order valence-electron chi connectivity index (χ3n) is 4.09. The maximum Gasteiger partial charge on any atom is 0.244 e. The number of hydrogen-bond acceptors (Lipinski definition) is 4. The van der Waals surface area contributed by atoms with E-state index in [1.165, 1.54) is 6.08 Å². The Balaban J connectivity index is 1.84. The van der Waals surface area contributed by atoms with Gasteiger partial charge in [-0.05, 0) is 35.9 Å². The number of benzene rings is 1. The third kappa shape index (κ3) is 4.03. The SMILES string of the molecule is CN(C)c1ccc(C(NC(=O)/C=C/c2ccco2)c2nccn2C)cc1. The van der Waals surface area contributed by atoms with Gasteiger partial charge in [0, 0.05) is 45.3 Å². The van der Waals surface area contributed by atoms with E-state index in [9.17, 15) is 4.79 Å². The van der Waals surface area contributed by atoms with Crippen LogP contribution in [-0.2, 0) is 11.8 Å². The lowest BCUT2D eigenvalue weighted by Crippen LogP contribution is -2.29. The standard InChI is InChI=1S/C20H22N4O2/c1-23(2)16-8-6-15(7-9-16)19(20-21-12-13-24(20)3)22-18(25)11-10-17-5-4-14-26-17/h4-14,19H,1-3H3,(H,22,25)/b11-10+.